The number of allylic oxidation sites excluding steroid dienone is 2. The minimum Gasteiger partial charge on any atom is -0.461 e. The van der Waals surface area contributed by atoms with E-state index >= 15 is 0 Å². The molecule has 2 unspecified atom stereocenters. The van der Waals surface area contributed by atoms with Crippen LogP contribution in [0.15, 0.2) is 16.8 Å². The maximum Gasteiger partial charge on any atom is 0.356 e. The minimum atomic E-state index is -0.348. The molecule has 1 aliphatic carbocycles. The van der Waals surface area contributed by atoms with E-state index in [2.05, 4.69) is 18.2 Å². The van der Waals surface area contributed by atoms with Crippen molar-refractivity contribution in [1.29, 1.82) is 0 Å². The number of rotatable bonds is 3. The zero-order valence-electron chi connectivity index (χ0n) is 11.4. The highest BCUT2D eigenvalue weighted by atomic mass is 16.7. The second-order valence-electron chi connectivity index (χ2n) is 5.36. The topological polar surface area (TPSA) is 47.9 Å². The molecule has 18 heavy (non-hydrogen) atoms. The van der Waals surface area contributed by atoms with Crippen LogP contribution < -0.4 is 0 Å². The molecule has 0 saturated heterocycles. The first kappa shape index (κ1) is 13.1. The third-order valence-corrected chi connectivity index (χ3v) is 3.90. The molecule has 2 aliphatic rings. The fraction of sp³-hybridized carbons (Fsp3) is 0.714. The van der Waals surface area contributed by atoms with Crippen molar-refractivity contribution < 1.29 is 14.4 Å². The van der Waals surface area contributed by atoms with Gasteiger partial charge in [0.15, 0.2) is 5.71 Å². The zero-order chi connectivity index (χ0) is 13.2. The van der Waals surface area contributed by atoms with E-state index in [-0.39, 0.29) is 11.6 Å². The summed E-state index contributed by atoms with van der Waals surface area (Å²) in [4.78, 5) is 17.2. The van der Waals surface area contributed by atoms with Gasteiger partial charge in [-0.05, 0) is 40.0 Å². The van der Waals surface area contributed by atoms with Crippen LogP contribution >= 0.6 is 0 Å². The van der Waals surface area contributed by atoms with E-state index in [1.807, 2.05) is 6.92 Å². The van der Waals surface area contributed by atoms with Gasteiger partial charge in [0.05, 0.1) is 6.61 Å². The van der Waals surface area contributed by atoms with Crippen molar-refractivity contribution in [2.45, 2.75) is 52.1 Å². The van der Waals surface area contributed by atoms with E-state index in [4.69, 9.17) is 9.57 Å². The summed E-state index contributed by atoms with van der Waals surface area (Å²) in [6.45, 7) is 6.37. The Hall–Kier alpha value is -1.32. The van der Waals surface area contributed by atoms with Crippen molar-refractivity contribution in [3.63, 3.8) is 0 Å². The number of ether oxygens (including phenoxy) is 1. The van der Waals surface area contributed by atoms with Crippen LogP contribution in [0.1, 0.15) is 46.5 Å². The molecule has 2 atom stereocenters. The zero-order valence-corrected chi connectivity index (χ0v) is 11.4. The van der Waals surface area contributed by atoms with E-state index in [1.54, 1.807) is 6.92 Å². The van der Waals surface area contributed by atoms with Crippen molar-refractivity contribution >= 4 is 11.7 Å². The first-order chi connectivity index (χ1) is 8.55. The van der Waals surface area contributed by atoms with E-state index in [0.29, 0.717) is 24.7 Å². The Labute approximate surface area is 108 Å². The lowest BCUT2D eigenvalue weighted by Gasteiger charge is -2.33. The van der Waals surface area contributed by atoms with Crippen LogP contribution in [0, 0.1) is 5.92 Å². The molecule has 0 aromatic rings. The molecule has 0 bridgehead atoms. The summed E-state index contributed by atoms with van der Waals surface area (Å²) < 4.78 is 4.96. The molecule has 100 valence electrons. The number of nitrogens with zero attached hydrogens (tertiary/aromatic N) is 1. The Bertz CT molecular complexity index is 400. The quantitative estimate of drug-likeness (QED) is 0.572. The average Bonchev–Trinajstić information content (AvgIpc) is 2.74. The largest absolute Gasteiger partial charge is 0.461 e. The predicted molar refractivity (Wildman–Crippen MR) is 69.3 cm³/mol. The van der Waals surface area contributed by atoms with Crippen molar-refractivity contribution in [3.05, 3.63) is 11.6 Å². The van der Waals surface area contributed by atoms with Gasteiger partial charge in [-0.1, -0.05) is 16.8 Å². The number of oxime groups is 1. The summed E-state index contributed by atoms with van der Waals surface area (Å²) in [7, 11) is 0. The molecular formula is C14H21NO3. The maximum atomic E-state index is 11.6. The predicted octanol–water partition coefficient (Wildman–Crippen LogP) is 2.83. The lowest BCUT2D eigenvalue weighted by molar-refractivity contribution is -0.135. The molecule has 4 nitrogen and oxygen atoms in total. The Balaban J connectivity index is 1.98. The number of carbonyl (C=O) groups excluding carboxylic acids is 1. The van der Waals surface area contributed by atoms with Crippen LogP contribution in [0.4, 0.5) is 0 Å². The van der Waals surface area contributed by atoms with Crippen molar-refractivity contribution in [1.82, 2.24) is 0 Å². The van der Waals surface area contributed by atoms with Gasteiger partial charge in [-0.25, -0.2) is 4.79 Å². The molecule has 1 heterocycles. The van der Waals surface area contributed by atoms with Gasteiger partial charge >= 0.3 is 5.97 Å². The van der Waals surface area contributed by atoms with Crippen LogP contribution in [-0.2, 0) is 14.4 Å². The number of esters is 1. The van der Waals surface area contributed by atoms with Crippen LogP contribution in [0.5, 0.6) is 0 Å². The summed E-state index contributed by atoms with van der Waals surface area (Å²) in [6.07, 6.45) is 6.05. The number of carbonyl (C=O) groups is 1. The van der Waals surface area contributed by atoms with E-state index < -0.39 is 0 Å². The lowest BCUT2D eigenvalue weighted by Crippen LogP contribution is -2.36. The molecular weight excluding hydrogens is 230 g/mol. The summed E-state index contributed by atoms with van der Waals surface area (Å²) in [5, 5.41) is 3.92. The van der Waals surface area contributed by atoms with E-state index in [0.717, 1.165) is 19.3 Å². The molecule has 0 spiro atoms. The smallest absolute Gasteiger partial charge is 0.356 e. The first-order valence-electron chi connectivity index (χ1n) is 6.63. The molecule has 0 N–H and O–H groups in total. The van der Waals surface area contributed by atoms with Gasteiger partial charge in [-0.15, -0.1) is 0 Å². The fourth-order valence-corrected chi connectivity index (χ4v) is 2.62. The molecule has 0 saturated carbocycles. The summed E-state index contributed by atoms with van der Waals surface area (Å²) in [5.74, 6) is 0.0839. The van der Waals surface area contributed by atoms with Crippen molar-refractivity contribution in [2.75, 3.05) is 6.61 Å². The molecule has 0 aromatic heterocycles. The SMILES string of the molecule is CCOC(=O)C1=NOC(C)(C2CC=C(C)CC2)C1. The Morgan fingerprint density at radius 1 is 1.67 bits per heavy atom. The highest BCUT2D eigenvalue weighted by molar-refractivity contribution is 6.36. The van der Waals surface area contributed by atoms with Gasteiger partial charge in [0, 0.05) is 12.3 Å². The van der Waals surface area contributed by atoms with E-state index in [9.17, 15) is 4.79 Å². The summed E-state index contributed by atoms with van der Waals surface area (Å²) >= 11 is 0. The highest BCUT2D eigenvalue weighted by Gasteiger charge is 2.44. The second kappa shape index (κ2) is 5.12. The van der Waals surface area contributed by atoms with E-state index in [1.165, 1.54) is 5.57 Å². The Kier molecular flexibility index (Phi) is 3.73. The molecule has 1 aliphatic heterocycles. The maximum absolute atomic E-state index is 11.6. The number of hydrogen-bond acceptors (Lipinski definition) is 4. The monoisotopic (exact) mass is 251 g/mol. The normalized spacial score (nSPS) is 31.4. The van der Waals surface area contributed by atoms with Crippen LogP contribution in [-0.4, -0.2) is 23.9 Å². The summed E-state index contributed by atoms with van der Waals surface area (Å²) in [5.41, 5.74) is 1.52. The lowest BCUT2D eigenvalue weighted by atomic mass is 9.76. The minimum absolute atomic E-state index is 0.344. The number of hydrogen-bond donors (Lipinski definition) is 0. The Morgan fingerprint density at radius 2 is 2.44 bits per heavy atom. The molecule has 2 rings (SSSR count). The molecule has 0 aromatic carbocycles. The van der Waals surface area contributed by atoms with Crippen LogP contribution in [0.2, 0.25) is 0 Å². The Morgan fingerprint density at radius 3 is 3.06 bits per heavy atom. The van der Waals surface area contributed by atoms with Crippen molar-refractivity contribution in [3.8, 4) is 0 Å². The fourth-order valence-electron chi connectivity index (χ4n) is 2.62. The van der Waals surface area contributed by atoms with Crippen LogP contribution in [0.25, 0.3) is 0 Å². The molecule has 0 amide bonds. The standard InChI is InChI=1S/C14H21NO3/c1-4-17-13(16)12-9-14(3,18-15-12)11-7-5-10(2)6-8-11/h5,11H,4,6-9H2,1-3H3. The summed E-state index contributed by atoms with van der Waals surface area (Å²) in [6, 6.07) is 0. The van der Waals surface area contributed by atoms with Gasteiger partial charge < -0.3 is 9.57 Å². The third-order valence-electron chi connectivity index (χ3n) is 3.90. The molecule has 0 radical (unpaired) electrons. The van der Waals surface area contributed by atoms with Gasteiger partial charge in [0.1, 0.15) is 5.60 Å². The van der Waals surface area contributed by atoms with Gasteiger partial charge in [0.25, 0.3) is 0 Å². The van der Waals surface area contributed by atoms with Gasteiger partial charge in [-0.2, -0.15) is 0 Å². The molecule has 0 fully saturated rings. The third kappa shape index (κ3) is 2.57. The highest BCUT2D eigenvalue weighted by Crippen LogP contribution is 2.39. The van der Waals surface area contributed by atoms with Crippen molar-refractivity contribution in [2.24, 2.45) is 11.1 Å². The average molecular weight is 251 g/mol. The van der Waals surface area contributed by atoms with Crippen LogP contribution in [0.3, 0.4) is 0 Å². The molecule has 4 heteroatoms. The first-order valence-corrected chi connectivity index (χ1v) is 6.63. The van der Waals surface area contributed by atoms with Gasteiger partial charge in [-0.3, -0.25) is 0 Å². The second-order valence-corrected chi connectivity index (χ2v) is 5.36. The van der Waals surface area contributed by atoms with Gasteiger partial charge in [0.2, 0.25) is 0 Å².